The van der Waals surface area contributed by atoms with E-state index in [0.29, 0.717) is 6.42 Å². The van der Waals surface area contributed by atoms with Crippen LogP contribution in [-0.2, 0) is 4.79 Å². The summed E-state index contributed by atoms with van der Waals surface area (Å²) in [5, 5.41) is 18.0. The molecule has 0 radical (unpaired) electrons. The lowest BCUT2D eigenvalue weighted by Crippen LogP contribution is -2.21. The van der Waals surface area contributed by atoms with Crippen molar-refractivity contribution in [3.8, 4) is 0 Å². The standard InChI is InChI=1S/C8H15NO3/c1-4-5-6(10)7(8(11)12)9(2)3/h10H,4-5H2,1-3H3,(H,11,12)/b7-6+. The van der Waals surface area contributed by atoms with E-state index in [-0.39, 0.29) is 11.5 Å². The summed E-state index contributed by atoms with van der Waals surface area (Å²) in [5.41, 5.74) is -0.0307. The van der Waals surface area contributed by atoms with E-state index in [1.165, 1.54) is 4.90 Å². The zero-order chi connectivity index (χ0) is 9.72. The third-order valence-electron chi connectivity index (χ3n) is 1.41. The van der Waals surface area contributed by atoms with Gasteiger partial charge in [-0.25, -0.2) is 4.79 Å². The molecule has 0 saturated carbocycles. The van der Waals surface area contributed by atoms with Crippen LogP contribution >= 0.6 is 0 Å². The zero-order valence-electron chi connectivity index (χ0n) is 7.66. The average Bonchev–Trinajstić information content (AvgIpc) is 1.85. The molecule has 0 rings (SSSR count). The van der Waals surface area contributed by atoms with E-state index in [9.17, 15) is 9.90 Å². The normalized spacial score (nSPS) is 12.2. The number of hydrogen-bond donors (Lipinski definition) is 2. The molecule has 4 nitrogen and oxygen atoms in total. The van der Waals surface area contributed by atoms with Gasteiger partial charge in [-0.2, -0.15) is 0 Å². The maximum atomic E-state index is 10.6. The van der Waals surface area contributed by atoms with E-state index in [1.807, 2.05) is 6.92 Å². The summed E-state index contributed by atoms with van der Waals surface area (Å²) >= 11 is 0. The number of allylic oxidation sites excluding steroid dienone is 1. The predicted octanol–water partition coefficient (Wildman–Crippen LogP) is 1.20. The first-order valence-electron chi connectivity index (χ1n) is 3.83. The van der Waals surface area contributed by atoms with Crippen molar-refractivity contribution < 1.29 is 15.0 Å². The summed E-state index contributed by atoms with van der Waals surface area (Å²) in [5.74, 6) is -1.15. The minimum Gasteiger partial charge on any atom is -0.510 e. The fourth-order valence-electron chi connectivity index (χ4n) is 0.928. The van der Waals surface area contributed by atoms with Crippen molar-refractivity contribution in [1.82, 2.24) is 4.90 Å². The van der Waals surface area contributed by atoms with Crippen LogP contribution in [0.4, 0.5) is 0 Å². The van der Waals surface area contributed by atoms with Crippen LogP contribution in [0.3, 0.4) is 0 Å². The Hall–Kier alpha value is -1.19. The first-order chi connectivity index (χ1) is 5.50. The van der Waals surface area contributed by atoms with E-state index < -0.39 is 5.97 Å². The highest BCUT2D eigenvalue weighted by Crippen LogP contribution is 2.10. The molecule has 0 aliphatic heterocycles. The van der Waals surface area contributed by atoms with Crippen LogP contribution in [0.15, 0.2) is 11.5 Å². The lowest BCUT2D eigenvalue weighted by atomic mass is 10.2. The Morgan fingerprint density at radius 1 is 1.33 bits per heavy atom. The summed E-state index contributed by atoms with van der Waals surface area (Å²) in [4.78, 5) is 12.0. The number of rotatable bonds is 4. The summed E-state index contributed by atoms with van der Waals surface area (Å²) in [6, 6.07) is 0. The maximum Gasteiger partial charge on any atom is 0.355 e. The Morgan fingerprint density at radius 2 is 1.83 bits per heavy atom. The highest BCUT2D eigenvalue weighted by atomic mass is 16.4. The second kappa shape index (κ2) is 4.64. The van der Waals surface area contributed by atoms with E-state index in [2.05, 4.69) is 0 Å². The minimum atomic E-state index is -1.09. The average molecular weight is 173 g/mol. The number of carboxylic acids is 1. The summed E-state index contributed by atoms with van der Waals surface area (Å²) in [7, 11) is 3.19. The topological polar surface area (TPSA) is 60.8 Å². The van der Waals surface area contributed by atoms with Crippen molar-refractivity contribution in [1.29, 1.82) is 0 Å². The molecule has 0 bridgehead atoms. The number of carboxylic acid groups (broad SMARTS) is 1. The van der Waals surface area contributed by atoms with E-state index in [1.54, 1.807) is 14.1 Å². The molecular weight excluding hydrogens is 158 g/mol. The smallest absolute Gasteiger partial charge is 0.355 e. The van der Waals surface area contributed by atoms with E-state index in [0.717, 1.165) is 6.42 Å². The molecule has 12 heavy (non-hydrogen) atoms. The Morgan fingerprint density at radius 3 is 2.08 bits per heavy atom. The first-order valence-corrected chi connectivity index (χ1v) is 3.83. The minimum absolute atomic E-state index is 0.0307. The first kappa shape index (κ1) is 10.8. The number of aliphatic carboxylic acids is 1. The van der Waals surface area contributed by atoms with Crippen LogP contribution in [0.2, 0.25) is 0 Å². The number of aliphatic hydroxyl groups is 1. The molecule has 0 aliphatic carbocycles. The summed E-state index contributed by atoms with van der Waals surface area (Å²) < 4.78 is 0. The lowest BCUT2D eigenvalue weighted by Gasteiger charge is -2.14. The molecule has 0 saturated heterocycles. The van der Waals surface area contributed by atoms with Gasteiger partial charge in [-0.1, -0.05) is 6.92 Å². The van der Waals surface area contributed by atoms with Crippen LogP contribution in [-0.4, -0.2) is 35.2 Å². The monoisotopic (exact) mass is 173 g/mol. The Kier molecular flexibility index (Phi) is 4.18. The van der Waals surface area contributed by atoms with Crippen LogP contribution < -0.4 is 0 Å². The number of aliphatic hydroxyl groups excluding tert-OH is 1. The third kappa shape index (κ3) is 2.82. The number of hydrogen-bond acceptors (Lipinski definition) is 3. The molecule has 2 N–H and O–H groups in total. The number of carbonyl (C=O) groups is 1. The van der Waals surface area contributed by atoms with Crippen molar-refractivity contribution in [2.45, 2.75) is 19.8 Å². The van der Waals surface area contributed by atoms with E-state index in [4.69, 9.17) is 5.11 Å². The molecule has 0 fully saturated rings. The molecule has 0 aromatic rings. The second-order valence-corrected chi connectivity index (χ2v) is 2.74. The molecule has 4 heteroatoms. The van der Waals surface area contributed by atoms with Crippen molar-refractivity contribution >= 4 is 5.97 Å². The van der Waals surface area contributed by atoms with Gasteiger partial charge in [0.15, 0.2) is 5.70 Å². The molecule has 0 aromatic heterocycles. The molecule has 0 unspecified atom stereocenters. The van der Waals surface area contributed by atoms with Crippen molar-refractivity contribution in [3.63, 3.8) is 0 Å². The Balaban J connectivity index is 4.68. The van der Waals surface area contributed by atoms with Crippen molar-refractivity contribution in [2.75, 3.05) is 14.1 Å². The number of likely N-dealkylation sites (N-methyl/N-ethyl adjacent to an activating group) is 1. The molecule has 0 atom stereocenters. The van der Waals surface area contributed by atoms with Gasteiger partial charge >= 0.3 is 5.97 Å². The van der Waals surface area contributed by atoms with Gasteiger partial charge in [0, 0.05) is 20.5 Å². The van der Waals surface area contributed by atoms with Gasteiger partial charge in [0.1, 0.15) is 5.76 Å². The largest absolute Gasteiger partial charge is 0.510 e. The fraction of sp³-hybridized carbons (Fsp3) is 0.625. The summed E-state index contributed by atoms with van der Waals surface area (Å²) in [6.45, 7) is 1.88. The quantitative estimate of drug-likeness (QED) is 0.495. The van der Waals surface area contributed by atoms with Gasteiger partial charge in [0.2, 0.25) is 0 Å². The van der Waals surface area contributed by atoms with Crippen LogP contribution in [0, 0.1) is 0 Å². The third-order valence-corrected chi connectivity index (χ3v) is 1.41. The van der Waals surface area contributed by atoms with Gasteiger partial charge in [0.25, 0.3) is 0 Å². The molecule has 0 spiro atoms. The van der Waals surface area contributed by atoms with Crippen LogP contribution in [0.5, 0.6) is 0 Å². The fourth-order valence-corrected chi connectivity index (χ4v) is 0.928. The molecule has 0 heterocycles. The number of nitrogens with zero attached hydrogens (tertiary/aromatic N) is 1. The predicted molar refractivity (Wildman–Crippen MR) is 45.9 cm³/mol. The van der Waals surface area contributed by atoms with Gasteiger partial charge in [-0.3, -0.25) is 0 Å². The molecule has 0 amide bonds. The molecule has 70 valence electrons. The molecular formula is C8H15NO3. The SMILES string of the molecule is CCC/C(O)=C(/C(=O)O)N(C)C. The molecule has 0 aliphatic rings. The zero-order valence-corrected chi connectivity index (χ0v) is 7.66. The van der Waals surface area contributed by atoms with Gasteiger partial charge < -0.3 is 15.1 Å². The highest BCUT2D eigenvalue weighted by Gasteiger charge is 2.14. The van der Waals surface area contributed by atoms with Crippen LogP contribution in [0.25, 0.3) is 0 Å². The second-order valence-electron chi connectivity index (χ2n) is 2.74. The maximum absolute atomic E-state index is 10.6. The summed E-state index contributed by atoms with van der Waals surface area (Å²) in [6.07, 6.45) is 1.14. The highest BCUT2D eigenvalue weighted by molar-refractivity contribution is 5.86. The molecule has 0 aromatic carbocycles. The van der Waals surface area contributed by atoms with E-state index >= 15 is 0 Å². The van der Waals surface area contributed by atoms with Crippen molar-refractivity contribution in [3.05, 3.63) is 11.5 Å². The van der Waals surface area contributed by atoms with Gasteiger partial charge in [0.05, 0.1) is 0 Å². The Labute approximate surface area is 72.1 Å². The Bertz CT molecular complexity index is 196. The van der Waals surface area contributed by atoms with Crippen molar-refractivity contribution in [2.24, 2.45) is 0 Å². The lowest BCUT2D eigenvalue weighted by molar-refractivity contribution is -0.134. The van der Waals surface area contributed by atoms with Gasteiger partial charge in [-0.05, 0) is 6.42 Å². The van der Waals surface area contributed by atoms with Gasteiger partial charge in [-0.15, -0.1) is 0 Å². The van der Waals surface area contributed by atoms with Crippen LogP contribution in [0.1, 0.15) is 19.8 Å².